The molecule has 2 N–H and O–H groups in total. The summed E-state index contributed by atoms with van der Waals surface area (Å²) in [5.74, 6) is 5.36. The SMILES string of the molecule is CC1(C)CCCCC1(O)C#CCO. The van der Waals surface area contributed by atoms with Gasteiger partial charge in [0.25, 0.3) is 0 Å². The quantitative estimate of drug-likeness (QED) is 0.555. The van der Waals surface area contributed by atoms with Crippen molar-refractivity contribution in [2.24, 2.45) is 5.41 Å². The van der Waals surface area contributed by atoms with Crippen LogP contribution < -0.4 is 0 Å². The van der Waals surface area contributed by atoms with Gasteiger partial charge < -0.3 is 10.2 Å². The maximum atomic E-state index is 10.2. The molecule has 2 heteroatoms. The van der Waals surface area contributed by atoms with Crippen molar-refractivity contribution in [1.29, 1.82) is 0 Å². The number of aliphatic hydroxyl groups is 2. The molecule has 0 aliphatic heterocycles. The summed E-state index contributed by atoms with van der Waals surface area (Å²) in [4.78, 5) is 0. The molecular formula is C11H18O2. The number of hydrogen-bond acceptors (Lipinski definition) is 2. The zero-order chi connectivity index (χ0) is 9.95. The third-order valence-corrected chi connectivity index (χ3v) is 3.08. The lowest BCUT2D eigenvalue weighted by Gasteiger charge is -2.42. The van der Waals surface area contributed by atoms with E-state index in [0.717, 1.165) is 25.7 Å². The Kier molecular flexibility index (Phi) is 3.00. The van der Waals surface area contributed by atoms with Crippen molar-refractivity contribution in [1.82, 2.24) is 0 Å². The van der Waals surface area contributed by atoms with E-state index in [1.807, 2.05) is 13.8 Å². The van der Waals surface area contributed by atoms with Gasteiger partial charge in [-0.2, -0.15) is 0 Å². The Balaban J connectivity index is 2.84. The van der Waals surface area contributed by atoms with E-state index in [4.69, 9.17) is 5.11 Å². The molecular weight excluding hydrogens is 164 g/mol. The molecule has 1 rings (SSSR count). The van der Waals surface area contributed by atoms with Crippen LogP contribution in [0.15, 0.2) is 0 Å². The second-order valence-electron chi connectivity index (χ2n) is 4.41. The van der Waals surface area contributed by atoms with Gasteiger partial charge >= 0.3 is 0 Å². The van der Waals surface area contributed by atoms with E-state index in [-0.39, 0.29) is 12.0 Å². The van der Waals surface area contributed by atoms with E-state index in [9.17, 15) is 5.11 Å². The minimum atomic E-state index is -0.895. The van der Waals surface area contributed by atoms with Crippen LogP contribution in [0.25, 0.3) is 0 Å². The molecule has 1 saturated carbocycles. The van der Waals surface area contributed by atoms with Crippen LogP contribution >= 0.6 is 0 Å². The maximum absolute atomic E-state index is 10.2. The Labute approximate surface area is 80.0 Å². The Morgan fingerprint density at radius 1 is 1.23 bits per heavy atom. The molecule has 0 radical (unpaired) electrons. The summed E-state index contributed by atoms with van der Waals surface area (Å²) in [6.45, 7) is 3.91. The summed E-state index contributed by atoms with van der Waals surface area (Å²) in [6.07, 6.45) is 3.92. The predicted octanol–water partition coefficient (Wildman–Crippen LogP) is 1.31. The Bertz CT molecular complexity index is 234. The van der Waals surface area contributed by atoms with Crippen molar-refractivity contribution < 1.29 is 10.2 Å². The topological polar surface area (TPSA) is 40.5 Å². The molecule has 0 aromatic rings. The predicted molar refractivity (Wildman–Crippen MR) is 52.1 cm³/mol. The lowest BCUT2D eigenvalue weighted by molar-refractivity contribution is -0.0482. The molecule has 1 aliphatic carbocycles. The van der Waals surface area contributed by atoms with Crippen molar-refractivity contribution in [3.8, 4) is 11.8 Å². The molecule has 1 aliphatic rings. The summed E-state index contributed by atoms with van der Waals surface area (Å²) in [6, 6.07) is 0. The van der Waals surface area contributed by atoms with Crippen LogP contribution in [0, 0.1) is 17.3 Å². The van der Waals surface area contributed by atoms with Gasteiger partial charge in [0.1, 0.15) is 12.2 Å². The van der Waals surface area contributed by atoms with Gasteiger partial charge in [-0.15, -0.1) is 0 Å². The second kappa shape index (κ2) is 3.69. The third kappa shape index (κ3) is 2.04. The van der Waals surface area contributed by atoms with E-state index in [0.29, 0.717) is 0 Å². The van der Waals surface area contributed by atoms with Gasteiger partial charge in [0, 0.05) is 5.41 Å². The highest BCUT2D eigenvalue weighted by atomic mass is 16.3. The first-order valence-corrected chi connectivity index (χ1v) is 4.85. The molecule has 1 atom stereocenters. The minimum Gasteiger partial charge on any atom is -0.384 e. The fourth-order valence-corrected chi connectivity index (χ4v) is 1.91. The Morgan fingerprint density at radius 2 is 1.85 bits per heavy atom. The molecule has 13 heavy (non-hydrogen) atoms. The maximum Gasteiger partial charge on any atom is 0.130 e. The Hall–Kier alpha value is -0.520. The monoisotopic (exact) mass is 182 g/mol. The standard InChI is InChI=1S/C11H18O2/c1-10(2)6-3-4-7-11(10,13)8-5-9-12/h12-13H,3-4,6-7,9H2,1-2H3. The van der Waals surface area contributed by atoms with Crippen LogP contribution in [0.1, 0.15) is 39.5 Å². The highest BCUT2D eigenvalue weighted by molar-refractivity contribution is 5.19. The van der Waals surface area contributed by atoms with Crippen LogP contribution in [0.3, 0.4) is 0 Å². The summed E-state index contributed by atoms with van der Waals surface area (Å²) >= 11 is 0. The molecule has 2 nitrogen and oxygen atoms in total. The third-order valence-electron chi connectivity index (χ3n) is 3.08. The summed E-state index contributed by atoms with van der Waals surface area (Å²) in [7, 11) is 0. The van der Waals surface area contributed by atoms with E-state index in [2.05, 4.69) is 11.8 Å². The zero-order valence-corrected chi connectivity index (χ0v) is 8.43. The number of rotatable bonds is 0. The van der Waals surface area contributed by atoms with Crippen molar-refractivity contribution in [3.05, 3.63) is 0 Å². The van der Waals surface area contributed by atoms with Gasteiger partial charge in [0.15, 0.2) is 0 Å². The van der Waals surface area contributed by atoms with Crippen LogP contribution in [-0.2, 0) is 0 Å². The van der Waals surface area contributed by atoms with E-state index in [1.165, 1.54) is 0 Å². The fraction of sp³-hybridized carbons (Fsp3) is 0.818. The highest BCUT2D eigenvalue weighted by Gasteiger charge is 2.43. The van der Waals surface area contributed by atoms with Crippen molar-refractivity contribution >= 4 is 0 Å². The minimum absolute atomic E-state index is 0.145. The van der Waals surface area contributed by atoms with Crippen LogP contribution in [0.2, 0.25) is 0 Å². The van der Waals surface area contributed by atoms with E-state index >= 15 is 0 Å². The lowest BCUT2D eigenvalue weighted by Crippen LogP contribution is -2.46. The molecule has 1 unspecified atom stereocenters. The van der Waals surface area contributed by atoms with Crippen molar-refractivity contribution in [3.63, 3.8) is 0 Å². The van der Waals surface area contributed by atoms with Gasteiger partial charge in [-0.3, -0.25) is 0 Å². The number of aliphatic hydroxyl groups excluding tert-OH is 1. The van der Waals surface area contributed by atoms with E-state index in [1.54, 1.807) is 0 Å². The molecule has 0 amide bonds. The van der Waals surface area contributed by atoms with Crippen LogP contribution in [0.5, 0.6) is 0 Å². The largest absolute Gasteiger partial charge is 0.384 e. The number of hydrogen-bond donors (Lipinski definition) is 2. The smallest absolute Gasteiger partial charge is 0.130 e. The Morgan fingerprint density at radius 3 is 2.38 bits per heavy atom. The molecule has 1 fully saturated rings. The first-order valence-electron chi connectivity index (χ1n) is 4.85. The van der Waals surface area contributed by atoms with Gasteiger partial charge in [-0.05, 0) is 19.3 Å². The first kappa shape index (κ1) is 10.6. The summed E-state index contributed by atoms with van der Waals surface area (Å²) in [5, 5.41) is 18.8. The van der Waals surface area contributed by atoms with Gasteiger partial charge in [0.2, 0.25) is 0 Å². The van der Waals surface area contributed by atoms with Crippen molar-refractivity contribution in [2.75, 3.05) is 6.61 Å². The molecule has 74 valence electrons. The van der Waals surface area contributed by atoms with Crippen LogP contribution in [-0.4, -0.2) is 22.4 Å². The molecule has 0 aromatic heterocycles. The molecule has 0 spiro atoms. The first-order chi connectivity index (χ1) is 6.02. The summed E-state index contributed by atoms with van der Waals surface area (Å²) < 4.78 is 0. The van der Waals surface area contributed by atoms with Gasteiger partial charge in [-0.25, -0.2) is 0 Å². The normalized spacial score (nSPS) is 32.0. The van der Waals surface area contributed by atoms with Crippen molar-refractivity contribution in [2.45, 2.75) is 45.1 Å². The average Bonchev–Trinajstić information content (AvgIpc) is 2.07. The van der Waals surface area contributed by atoms with E-state index < -0.39 is 5.60 Å². The molecule has 0 saturated heterocycles. The molecule has 0 aromatic carbocycles. The van der Waals surface area contributed by atoms with Crippen LogP contribution in [0.4, 0.5) is 0 Å². The average molecular weight is 182 g/mol. The highest BCUT2D eigenvalue weighted by Crippen LogP contribution is 2.43. The molecule has 0 heterocycles. The summed E-state index contributed by atoms with van der Waals surface area (Å²) in [5.41, 5.74) is -1.04. The van der Waals surface area contributed by atoms with Gasteiger partial charge in [-0.1, -0.05) is 32.1 Å². The zero-order valence-electron chi connectivity index (χ0n) is 8.43. The fourth-order valence-electron chi connectivity index (χ4n) is 1.91. The lowest BCUT2D eigenvalue weighted by atomic mass is 9.66. The second-order valence-corrected chi connectivity index (χ2v) is 4.41. The molecule has 0 bridgehead atoms. The van der Waals surface area contributed by atoms with Gasteiger partial charge in [0.05, 0.1) is 0 Å².